The van der Waals surface area contributed by atoms with E-state index >= 15 is 0 Å². The molecule has 0 aromatic carbocycles. The molecule has 3 rings (SSSR count). The summed E-state index contributed by atoms with van der Waals surface area (Å²) in [5.41, 5.74) is -1.18. The molecule has 1 fully saturated rings. The predicted molar refractivity (Wildman–Crippen MR) is 72.7 cm³/mol. The second-order valence-electron chi connectivity index (χ2n) is 5.86. The lowest BCUT2D eigenvalue weighted by Gasteiger charge is -2.41. The molecule has 1 aromatic rings. The van der Waals surface area contributed by atoms with Gasteiger partial charge in [-0.3, -0.25) is 19.5 Å². The normalized spacial score (nSPS) is 28.6. The fourth-order valence-corrected chi connectivity index (χ4v) is 3.23. The Morgan fingerprint density at radius 3 is 2.57 bits per heavy atom. The van der Waals surface area contributed by atoms with E-state index in [2.05, 4.69) is 11.9 Å². The summed E-state index contributed by atoms with van der Waals surface area (Å²) in [6.45, 7) is 2.05. The Balaban J connectivity index is 2.05. The van der Waals surface area contributed by atoms with Crippen LogP contribution in [0.1, 0.15) is 53.5 Å². The van der Waals surface area contributed by atoms with E-state index in [1.165, 1.54) is 12.3 Å². The van der Waals surface area contributed by atoms with Crippen molar-refractivity contribution in [1.29, 1.82) is 0 Å². The summed E-state index contributed by atoms with van der Waals surface area (Å²) >= 11 is 0. The van der Waals surface area contributed by atoms with E-state index in [0.717, 1.165) is 4.90 Å². The van der Waals surface area contributed by atoms with E-state index in [9.17, 15) is 19.5 Å². The van der Waals surface area contributed by atoms with Crippen LogP contribution < -0.4 is 0 Å². The summed E-state index contributed by atoms with van der Waals surface area (Å²) in [6, 6.07) is 3.09. The van der Waals surface area contributed by atoms with E-state index < -0.39 is 23.3 Å². The molecule has 0 radical (unpaired) electrons. The van der Waals surface area contributed by atoms with Gasteiger partial charge in [-0.15, -0.1) is 0 Å². The minimum Gasteiger partial charge on any atom is -0.479 e. The molecule has 6 heteroatoms. The minimum absolute atomic E-state index is 0.0572. The fraction of sp³-hybridized carbons (Fsp3) is 0.467. The molecule has 1 saturated carbocycles. The van der Waals surface area contributed by atoms with E-state index in [1.54, 1.807) is 6.07 Å². The number of carbonyl (C=O) groups is 3. The summed E-state index contributed by atoms with van der Waals surface area (Å²) in [6.07, 6.45) is 3.41. The highest BCUT2D eigenvalue weighted by atomic mass is 16.4. The maximum absolute atomic E-state index is 12.5. The monoisotopic (exact) mass is 288 g/mol. The topological polar surface area (TPSA) is 87.6 Å². The van der Waals surface area contributed by atoms with Crippen molar-refractivity contribution in [2.75, 3.05) is 0 Å². The molecule has 21 heavy (non-hydrogen) atoms. The molecule has 1 aliphatic carbocycles. The summed E-state index contributed by atoms with van der Waals surface area (Å²) < 4.78 is 0. The first-order valence-corrected chi connectivity index (χ1v) is 7.04. The van der Waals surface area contributed by atoms with Gasteiger partial charge in [-0.2, -0.15) is 0 Å². The van der Waals surface area contributed by atoms with Crippen LogP contribution >= 0.6 is 0 Å². The zero-order valence-corrected chi connectivity index (χ0v) is 11.7. The van der Waals surface area contributed by atoms with E-state index in [0.29, 0.717) is 31.6 Å². The number of aliphatic carboxylic acids is 1. The molecule has 110 valence electrons. The number of nitrogens with zero attached hydrogens (tertiary/aromatic N) is 2. The Morgan fingerprint density at radius 1 is 1.33 bits per heavy atom. The van der Waals surface area contributed by atoms with Crippen molar-refractivity contribution in [2.45, 2.75) is 38.1 Å². The van der Waals surface area contributed by atoms with Gasteiger partial charge in [-0.05, 0) is 43.7 Å². The first kappa shape index (κ1) is 13.7. The number of amides is 2. The third-order valence-corrected chi connectivity index (χ3v) is 4.57. The van der Waals surface area contributed by atoms with Crippen molar-refractivity contribution in [1.82, 2.24) is 9.88 Å². The molecule has 6 nitrogen and oxygen atoms in total. The van der Waals surface area contributed by atoms with Gasteiger partial charge >= 0.3 is 5.97 Å². The Morgan fingerprint density at radius 2 is 2.00 bits per heavy atom. The number of carboxylic acids is 1. The summed E-state index contributed by atoms with van der Waals surface area (Å²) in [5.74, 6) is -1.83. The van der Waals surface area contributed by atoms with Crippen LogP contribution in [0.25, 0.3) is 0 Å². The van der Waals surface area contributed by atoms with Gasteiger partial charge in [-0.1, -0.05) is 6.92 Å². The van der Waals surface area contributed by atoms with Crippen molar-refractivity contribution in [3.8, 4) is 0 Å². The third-order valence-electron chi connectivity index (χ3n) is 4.57. The Kier molecular flexibility index (Phi) is 3.04. The smallest absolute Gasteiger partial charge is 0.330 e. The van der Waals surface area contributed by atoms with Gasteiger partial charge in [0.1, 0.15) is 11.2 Å². The lowest BCUT2D eigenvalue weighted by molar-refractivity contribution is -0.151. The minimum atomic E-state index is -1.43. The van der Waals surface area contributed by atoms with Crippen LogP contribution in [-0.4, -0.2) is 38.3 Å². The van der Waals surface area contributed by atoms with Gasteiger partial charge in [0, 0.05) is 6.20 Å². The van der Waals surface area contributed by atoms with Crippen LogP contribution in [0.15, 0.2) is 18.3 Å². The number of rotatable bonds is 2. The number of carbonyl (C=O) groups excluding carboxylic acids is 2. The molecule has 1 aromatic heterocycles. The van der Waals surface area contributed by atoms with E-state index in [-0.39, 0.29) is 11.3 Å². The lowest BCUT2D eigenvalue weighted by Crippen LogP contribution is -2.58. The summed E-state index contributed by atoms with van der Waals surface area (Å²) in [7, 11) is 0. The van der Waals surface area contributed by atoms with Crippen molar-refractivity contribution < 1.29 is 19.5 Å². The largest absolute Gasteiger partial charge is 0.479 e. The van der Waals surface area contributed by atoms with Gasteiger partial charge in [0.05, 0.1) is 5.56 Å². The highest BCUT2D eigenvalue weighted by Gasteiger charge is 2.55. The second kappa shape index (κ2) is 4.65. The number of aromatic nitrogens is 1. The molecule has 2 amide bonds. The van der Waals surface area contributed by atoms with Crippen molar-refractivity contribution in [3.63, 3.8) is 0 Å². The summed E-state index contributed by atoms with van der Waals surface area (Å²) in [5, 5.41) is 9.68. The summed E-state index contributed by atoms with van der Waals surface area (Å²) in [4.78, 5) is 41.7. The molecule has 2 aliphatic rings. The van der Waals surface area contributed by atoms with Crippen LogP contribution in [-0.2, 0) is 4.79 Å². The SMILES string of the molecule is CC1CCC(C(=O)O)(N2C(=O)c3cccnc3C2=O)CC1. The van der Waals surface area contributed by atoms with Crippen molar-refractivity contribution >= 4 is 17.8 Å². The van der Waals surface area contributed by atoms with E-state index in [1.807, 2.05) is 0 Å². The molecule has 0 atom stereocenters. The lowest BCUT2D eigenvalue weighted by atomic mass is 9.76. The molecule has 1 N–H and O–H groups in total. The van der Waals surface area contributed by atoms with Gasteiger partial charge in [0.15, 0.2) is 0 Å². The first-order chi connectivity index (χ1) is 9.97. The average Bonchev–Trinajstić information content (AvgIpc) is 2.73. The molecular formula is C15H16N2O4. The average molecular weight is 288 g/mol. The van der Waals surface area contributed by atoms with Gasteiger partial charge in [0.25, 0.3) is 11.8 Å². The zero-order valence-electron chi connectivity index (χ0n) is 11.7. The Hall–Kier alpha value is -2.24. The molecule has 2 heterocycles. The van der Waals surface area contributed by atoms with Crippen LogP contribution in [0.3, 0.4) is 0 Å². The number of hydrogen-bond acceptors (Lipinski definition) is 4. The number of hydrogen-bond donors (Lipinski definition) is 1. The second-order valence-corrected chi connectivity index (χ2v) is 5.86. The quantitative estimate of drug-likeness (QED) is 0.837. The van der Waals surface area contributed by atoms with Crippen LogP contribution in [0.2, 0.25) is 0 Å². The number of pyridine rings is 1. The van der Waals surface area contributed by atoms with Crippen LogP contribution in [0.5, 0.6) is 0 Å². The Bertz CT molecular complexity index is 597. The van der Waals surface area contributed by atoms with Crippen LogP contribution in [0.4, 0.5) is 0 Å². The predicted octanol–water partition coefficient (Wildman–Crippen LogP) is 1.71. The van der Waals surface area contributed by atoms with Crippen molar-refractivity contribution in [2.24, 2.45) is 5.92 Å². The van der Waals surface area contributed by atoms with Gasteiger partial charge in [-0.25, -0.2) is 4.79 Å². The maximum atomic E-state index is 12.5. The molecule has 0 saturated heterocycles. The molecular weight excluding hydrogens is 272 g/mol. The maximum Gasteiger partial charge on any atom is 0.330 e. The highest BCUT2D eigenvalue weighted by molar-refractivity contribution is 6.22. The van der Waals surface area contributed by atoms with Gasteiger partial charge in [0.2, 0.25) is 0 Å². The van der Waals surface area contributed by atoms with Gasteiger partial charge < -0.3 is 5.11 Å². The van der Waals surface area contributed by atoms with Crippen LogP contribution in [0, 0.1) is 5.92 Å². The number of carboxylic acid groups (broad SMARTS) is 1. The molecule has 0 spiro atoms. The standard InChI is InChI=1S/C15H16N2O4/c1-9-4-6-15(7-5-9,14(20)21)17-12(18)10-3-2-8-16-11(10)13(17)19/h2-3,8-9H,4-7H2,1H3,(H,20,21). The fourth-order valence-electron chi connectivity index (χ4n) is 3.23. The number of imide groups is 1. The molecule has 0 bridgehead atoms. The number of fused-ring (bicyclic) bond motifs is 1. The first-order valence-electron chi connectivity index (χ1n) is 7.04. The zero-order chi connectivity index (χ0) is 15.2. The molecule has 1 aliphatic heterocycles. The molecule has 0 unspecified atom stereocenters. The Labute approximate surface area is 121 Å². The highest BCUT2D eigenvalue weighted by Crippen LogP contribution is 2.40. The van der Waals surface area contributed by atoms with Crippen molar-refractivity contribution in [3.05, 3.63) is 29.6 Å². The third kappa shape index (κ3) is 1.86. The van der Waals surface area contributed by atoms with E-state index in [4.69, 9.17) is 0 Å².